The van der Waals surface area contributed by atoms with Crippen LogP contribution in [0, 0.1) is 0 Å². The van der Waals surface area contributed by atoms with E-state index in [-0.39, 0.29) is 5.97 Å². The third-order valence-corrected chi connectivity index (χ3v) is 10.5. The van der Waals surface area contributed by atoms with Crippen LogP contribution in [0.1, 0.15) is 26.2 Å². The highest BCUT2D eigenvalue weighted by Crippen LogP contribution is 2.21. The second-order valence-electron chi connectivity index (χ2n) is 6.07. The Labute approximate surface area is 96.5 Å². The van der Waals surface area contributed by atoms with Gasteiger partial charge in [0.25, 0.3) is 5.97 Å². The molecule has 0 radical (unpaired) electrons. The van der Waals surface area contributed by atoms with Crippen molar-refractivity contribution in [2.75, 3.05) is 0 Å². The smallest absolute Gasteiger partial charge is 0.292 e. The zero-order valence-electron chi connectivity index (χ0n) is 11.1. The summed E-state index contributed by atoms with van der Waals surface area (Å²) in [5.74, 6) is 0.0202. The summed E-state index contributed by atoms with van der Waals surface area (Å²) in [7, 11) is -2.85. The number of unbranched alkanes of at least 4 members (excludes halogenated alkanes) is 1. The van der Waals surface area contributed by atoms with E-state index in [4.69, 9.17) is 4.43 Å². The van der Waals surface area contributed by atoms with E-state index in [0.29, 0.717) is 6.42 Å². The van der Waals surface area contributed by atoms with Crippen LogP contribution in [0.15, 0.2) is 0 Å². The molecule has 0 bridgehead atoms. The first-order valence-electron chi connectivity index (χ1n) is 5.88. The number of hydrogen-bond donors (Lipinski definition) is 0. The fourth-order valence-electron chi connectivity index (χ4n) is 1.99. The molecule has 0 aromatic rings. The Bertz CT molecular complexity index is 207. The lowest BCUT2D eigenvalue weighted by Gasteiger charge is -2.28. The molecule has 0 aromatic heterocycles. The minimum absolute atomic E-state index is 0.0202. The summed E-state index contributed by atoms with van der Waals surface area (Å²) in [6.45, 7) is 13.4. The molecular weight excluding hydrogens is 220 g/mol. The number of carbonyl (C=O) groups excluding carboxylic acids is 1. The standard InChI is InChI=1S/C11H26O2Si2/c1-7-8-9-11(12)13-15(5,6)10-14(2,3)4/h7-10H2,1-6H3. The molecule has 4 heteroatoms. The third-order valence-electron chi connectivity index (χ3n) is 2.08. The van der Waals surface area contributed by atoms with Crippen molar-refractivity contribution in [3.05, 3.63) is 0 Å². The fraction of sp³-hybridized carbons (Fsp3) is 0.909. The van der Waals surface area contributed by atoms with Crippen LogP contribution in [-0.4, -0.2) is 22.4 Å². The van der Waals surface area contributed by atoms with Crippen molar-refractivity contribution in [2.24, 2.45) is 0 Å². The lowest BCUT2D eigenvalue weighted by atomic mass is 10.3. The van der Waals surface area contributed by atoms with Crippen LogP contribution < -0.4 is 0 Å². The first-order chi connectivity index (χ1) is 6.66. The van der Waals surface area contributed by atoms with Crippen molar-refractivity contribution in [1.82, 2.24) is 0 Å². The molecule has 0 saturated carbocycles. The van der Waals surface area contributed by atoms with Crippen LogP contribution in [-0.2, 0) is 9.22 Å². The van der Waals surface area contributed by atoms with E-state index < -0.39 is 16.4 Å². The Morgan fingerprint density at radius 1 is 1.13 bits per heavy atom. The Hall–Kier alpha value is -0.0962. The average Bonchev–Trinajstić information content (AvgIpc) is 1.94. The van der Waals surface area contributed by atoms with Crippen molar-refractivity contribution in [1.29, 1.82) is 0 Å². The normalized spacial score (nSPS) is 12.7. The monoisotopic (exact) mass is 246 g/mol. The van der Waals surface area contributed by atoms with Crippen LogP contribution in [0.25, 0.3) is 0 Å². The van der Waals surface area contributed by atoms with E-state index in [0.717, 1.165) is 18.5 Å². The van der Waals surface area contributed by atoms with Gasteiger partial charge in [0.1, 0.15) is 0 Å². The summed E-state index contributed by atoms with van der Waals surface area (Å²) in [5, 5.41) is 0. The van der Waals surface area contributed by atoms with Gasteiger partial charge >= 0.3 is 0 Å². The maximum absolute atomic E-state index is 11.5. The van der Waals surface area contributed by atoms with Gasteiger partial charge in [0.15, 0.2) is 0 Å². The molecule has 0 amide bonds. The van der Waals surface area contributed by atoms with Gasteiger partial charge < -0.3 is 4.43 Å². The molecule has 2 nitrogen and oxygen atoms in total. The van der Waals surface area contributed by atoms with E-state index in [1.807, 2.05) is 0 Å². The van der Waals surface area contributed by atoms with Gasteiger partial charge in [0.05, 0.1) is 0 Å². The molecule has 15 heavy (non-hydrogen) atoms. The van der Waals surface area contributed by atoms with Gasteiger partial charge in [0.2, 0.25) is 8.32 Å². The lowest BCUT2D eigenvalue weighted by Crippen LogP contribution is -2.41. The molecular formula is C11H26O2Si2. The molecule has 0 rings (SSSR count). The molecule has 0 fully saturated rings. The quantitative estimate of drug-likeness (QED) is 0.666. The maximum atomic E-state index is 11.5. The Morgan fingerprint density at radius 3 is 2.07 bits per heavy atom. The molecule has 0 saturated heterocycles. The molecule has 0 atom stereocenters. The molecule has 90 valence electrons. The first kappa shape index (κ1) is 14.9. The number of carbonyl (C=O) groups is 1. The summed E-state index contributed by atoms with van der Waals surface area (Å²) in [6, 6.07) is 0. The van der Waals surface area contributed by atoms with E-state index >= 15 is 0 Å². The van der Waals surface area contributed by atoms with Gasteiger partial charge in [-0.1, -0.05) is 33.0 Å². The predicted molar refractivity (Wildman–Crippen MR) is 71.3 cm³/mol. The van der Waals surface area contributed by atoms with Crippen molar-refractivity contribution in [3.63, 3.8) is 0 Å². The minimum atomic E-state index is -1.74. The molecule has 0 heterocycles. The van der Waals surface area contributed by atoms with Crippen molar-refractivity contribution in [3.8, 4) is 0 Å². The van der Waals surface area contributed by atoms with Crippen LogP contribution in [0.2, 0.25) is 38.4 Å². The Balaban J connectivity index is 4.07. The van der Waals surface area contributed by atoms with Crippen LogP contribution >= 0.6 is 0 Å². The lowest BCUT2D eigenvalue weighted by molar-refractivity contribution is -0.135. The Kier molecular flexibility index (Phi) is 5.81. The summed E-state index contributed by atoms with van der Waals surface area (Å²) >= 11 is 0. The van der Waals surface area contributed by atoms with E-state index in [1.165, 1.54) is 0 Å². The molecule has 0 N–H and O–H groups in total. The highest BCUT2D eigenvalue weighted by molar-refractivity contribution is 6.92. The van der Waals surface area contributed by atoms with Crippen LogP contribution in [0.5, 0.6) is 0 Å². The average molecular weight is 246 g/mol. The second kappa shape index (κ2) is 5.84. The summed E-state index contributed by atoms with van der Waals surface area (Å²) in [4.78, 5) is 11.5. The van der Waals surface area contributed by atoms with E-state index in [1.54, 1.807) is 0 Å². The molecule has 0 aliphatic rings. The third kappa shape index (κ3) is 8.87. The van der Waals surface area contributed by atoms with Gasteiger partial charge in [-0.25, -0.2) is 0 Å². The van der Waals surface area contributed by atoms with Crippen molar-refractivity contribution in [2.45, 2.75) is 64.6 Å². The summed E-state index contributed by atoms with van der Waals surface area (Å²) in [5.41, 5.74) is 1.16. The number of rotatable bonds is 6. The SMILES string of the molecule is CCCCC(=O)O[Si](C)(C)C[Si](C)(C)C. The van der Waals surface area contributed by atoms with Gasteiger partial charge in [-0.15, -0.1) is 0 Å². The minimum Gasteiger partial charge on any atom is -0.520 e. The van der Waals surface area contributed by atoms with E-state index in [9.17, 15) is 4.79 Å². The van der Waals surface area contributed by atoms with Crippen LogP contribution in [0.4, 0.5) is 0 Å². The fourth-order valence-corrected chi connectivity index (χ4v) is 13.2. The zero-order valence-corrected chi connectivity index (χ0v) is 13.1. The topological polar surface area (TPSA) is 26.3 Å². The summed E-state index contributed by atoms with van der Waals surface area (Å²) in [6.07, 6.45) is 2.61. The molecule has 0 aliphatic heterocycles. The second-order valence-corrected chi connectivity index (χ2v) is 16.3. The highest BCUT2D eigenvalue weighted by atomic mass is 28.4. The zero-order chi connectivity index (χ0) is 12.1. The van der Waals surface area contributed by atoms with Crippen molar-refractivity contribution >= 4 is 22.4 Å². The van der Waals surface area contributed by atoms with Gasteiger partial charge in [-0.3, -0.25) is 4.79 Å². The first-order valence-corrected chi connectivity index (χ1v) is 12.7. The van der Waals surface area contributed by atoms with Crippen molar-refractivity contribution < 1.29 is 9.22 Å². The summed E-state index contributed by atoms with van der Waals surface area (Å²) < 4.78 is 5.65. The largest absolute Gasteiger partial charge is 0.520 e. The predicted octanol–water partition coefficient (Wildman–Crippen LogP) is 3.80. The number of hydrogen-bond acceptors (Lipinski definition) is 2. The molecule has 0 aliphatic carbocycles. The maximum Gasteiger partial charge on any atom is 0.292 e. The van der Waals surface area contributed by atoms with Gasteiger partial charge in [-0.2, -0.15) is 0 Å². The highest BCUT2D eigenvalue weighted by Gasteiger charge is 2.33. The Morgan fingerprint density at radius 2 is 1.67 bits per heavy atom. The molecule has 0 unspecified atom stereocenters. The van der Waals surface area contributed by atoms with Gasteiger partial charge in [-0.05, 0) is 25.2 Å². The van der Waals surface area contributed by atoms with E-state index in [2.05, 4.69) is 39.7 Å². The van der Waals surface area contributed by atoms with Crippen LogP contribution in [0.3, 0.4) is 0 Å². The molecule has 0 spiro atoms. The molecule has 0 aromatic carbocycles. The van der Waals surface area contributed by atoms with Gasteiger partial charge in [0, 0.05) is 14.5 Å².